The molecule has 2 aliphatic rings. The number of carbonyl (C=O) groups excluding carboxylic acids is 1. The van der Waals surface area contributed by atoms with Gasteiger partial charge in [-0.05, 0) is 73.1 Å². The highest BCUT2D eigenvalue weighted by atomic mass is 19.1. The number of fused-ring (bicyclic) bond motifs is 5. The van der Waals surface area contributed by atoms with Gasteiger partial charge in [0.15, 0.2) is 0 Å². The first kappa shape index (κ1) is 27.2. The van der Waals surface area contributed by atoms with Gasteiger partial charge in [0, 0.05) is 25.1 Å². The molecule has 0 saturated heterocycles. The Morgan fingerprint density at radius 2 is 1.92 bits per heavy atom. The van der Waals surface area contributed by atoms with E-state index in [4.69, 9.17) is 9.47 Å². The smallest absolute Gasteiger partial charge is 0.220 e. The molecule has 1 amide bonds. The maximum absolute atomic E-state index is 13.8. The van der Waals surface area contributed by atoms with Crippen molar-refractivity contribution < 1.29 is 28.2 Å². The number of β-amino-alcohol motifs (C(OH)–C–C–N with tert-alkyl or cyclic N) is 1. The molecule has 0 radical (unpaired) electrons. The topological polar surface area (TPSA) is 79.8 Å². The minimum Gasteiger partial charge on any atom is -0.494 e. The first-order chi connectivity index (χ1) is 17.9. The Kier molecular flexibility index (Phi) is 9.66. The van der Waals surface area contributed by atoms with Crippen LogP contribution in [-0.4, -0.2) is 42.9 Å². The predicted molar refractivity (Wildman–Crippen MR) is 137 cm³/mol. The minimum atomic E-state index is -0.981. The summed E-state index contributed by atoms with van der Waals surface area (Å²) in [6.07, 6.45) is 6.28. The van der Waals surface area contributed by atoms with Crippen LogP contribution in [0.5, 0.6) is 5.75 Å². The van der Waals surface area contributed by atoms with Crippen molar-refractivity contribution in [1.82, 2.24) is 10.6 Å². The third-order valence-electron chi connectivity index (χ3n) is 6.80. The van der Waals surface area contributed by atoms with E-state index in [0.717, 1.165) is 35.8 Å². The molecule has 200 valence electrons. The average molecular weight is 515 g/mol. The molecule has 0 spiro atoms. The number of allylic oxidation sites excluding steroid dienone is 1. The summed E-state index contributed by atoms with van der Waals surface area (Å²) in [7, 11) is 0. The largest absolute Gasteiger partial charge is 0.494 e. The van der Waals surface area contributed by atoms with Crippen molar-refractivity contribution >= 4 is 5.91 Å². The second kappa shape index (κ2) is 13.1. The predicted octanol–water partition coefficient (Wildman–Crippen LogP) is 4.67. The summed E-state index contributed by atoms with van der Waals surface area (Å²) in [5.74, 6) is -0.799. The summed E-state index contributed by atoms with van der Waals surface area (Å²) < 4.78 is 39.6. The van der Waals surface area contributed by atoms with Gasteiger partial charge in [-0.25, -0.2) is 8.78 Å². The van der Waals surface area contributed by atoms with Crippen molar-refractivity contribution in [3.63, 3.8) is 0 Å². The van der Waals surface area contributed by atoms with Crippen molar-refractivity contribution in [2.45, 2.75) is 69.7 Å². The average Bonchev–Trinajstić information content (AvgIpc) is 3.20. The van der Waals surface area contributed by atoms with Gasteiger partial charge in [0.2, 0.25) is 5.91 Å². The van der Waals surface area contributed by atoms with Crippen molar-refractivity contribution in [3.05, 3.63) is 76.9 Å². The fourth-order valence-electron chi connectivity index (χ4n) is 4.96. The highest BCUT2D eigenvalue weighted by Gasteiger charge is 2.33. The Hall–Kier alpha value is -2.81. The van der Waals surface area contributed by atoms with Crippen LogP contribution in [0.1, 0.15) is 67.9 Å². The molecule has 4 rings (SSSR count). The SMILES string of the molecule is CCCOc1ccc2c(c1)[C@H]1C[C@@H]2OC/C=C/CCCC(=O)N[C@@H](Cc2cc(F)cc(F)c2)[C@H](O)CN1. The Morgan fingerprint density at radius 1 is 1.11 bits per heavy atom. The number of aliphatic hydroxyl groups is 1. The first-order valence-electron chi connectivity index (χ1n) is 13.1. The minimum absolute atomic E-state index is 0.0836. The number of hydrogen-bond donors (Lipinski definition) is 3. The molecule has 2 aromatic carbocycles. The number of nitrogens with one attached hydrogen (secondary N) is 2. The van der Waals surface area contributed by atoms with Crippen LogP contribution in [0.15, 0.2) is 48.6 Å². The van der Waals surface area contributed by atoms with E-state index in [1.165, 1.54) is 12.1 Å². The van der Waals surface area contributed by atoms with E-state index in [9.17, 15) is 18.7 Å². The molecule has 4 atom stereocenters. The highest BCUT2D eigenvalue weighted by Crippen LogP contribution is 2.42. The number of amides is 1. The molecule has 0 fully saturated rings. The van der Waals surface area contributed by atoms with Gasteiger partial charge >= 0.3 is 0 Å². The molecule has 1 aliphatic carbocycles. The molecule has 6 nitrogen and oxygen atoms in total. The molecule has 37 heavy (non-hydrogen) atoms. The van der Waals surface area contributed by atoms with E-state index in [-0.39, 0.29) is 37.4 Å². The van der Waals surface area contributed by atoms with E-state index in [2.05, 4.69) is 17.6 Å². The van der Waals surface area contributed by atoms with E-state index in [1.807, 2.05) is 30.4 Å². The van der Waals surface area contributed by atoms with Crippen molar-refractivity contribution in [2.24, 2.45) is 0 Å². The maximum Gasteiger partial charge on any atom is 0.220 e. The monoisotopic (exact) mass is 514 g/mol. The van der Waals surface area contributed by atoms with Gasteiger partial charge in [-0.1, -0.05) is 25.1 Å². The zero-order valence-electron chi connectivity index (χ0n) is 21.2. The molecule has 3 N–H and O–H groups in total. The number of carbonyl (C=O) groups is 1. The number of ether oxygens (including phenoxy) is 2. The standard InChI is InChI=1S/C29H36F2N2O4/c1-2-10-36-22-8-9-23-24(16-22)25-17-28(23)37-11-6-4-3-5-7-29(35)33-26(27(34)18-32-25)14-19-12-20(30)15-21(31)13-19/h4,6,8-9,12-13,15-16,25-28,32,34H,2-3,5,7,10-11,14,17-18H2,1H3,(H,33,35)/b6-4+/t25-,26+,27-,28+/m1/s1. The third kappa shape index (κ3) is 7.60. The lowest BCUT2D eigenvalue weighted by Gasteiger charge is -2.26. The Balaban J connectivity index is 1.55. The van der Waals surface area contributed by atoms with Crippen molar-refractivity contribution in [1.29, 1.82) is 0 Å². The second-order valence-corrected chi connectivity index (χ2v) is 9.74. The molecule has 0 unspecified atom stereocenters. The summed E-state index contributed by atoms with van der Waals surface area (Å²) in [4.78, 5) is 12.6. The summed E-state index contributed by atoms with van der Waals surface area (Å²) in [5, 5.41) is 17.4. The molecular weight excluding hydrogens is 478 g/mol. The molecule has 8 heteroatoms. The quantitative estimate of drug-likeness (QED) is 0.506. The van der Waals surface area contributed by atoms with Gasteiger partial charge in [-0.2, -0.15) is 0 Å². The van der Waals surface area contributed by atoms with Crippen LogP contribution < -0.4 is 15.4 Å². The van der Waals surface area contributed by atoms with Crippen molar-refractivity contribution in [3.8, 4) is 5.75 Å². The van der Waals surface area contributed by atoms with Crippen LogP contribution in [0.25, 0.3) is 0 Å². The Morgan fingerprint density at radius 3 is 2.70 bits per heavy atom. The third-order valence-corrected chi connectivity index (χ3v) is 6.80. The molecule has 0 saturated carbocycles. The Bertz CT molecular complexity index is 1070. The van der Waals surface area contributed by atoms with Crippen LogP contribution in [0, 0.1) is 11.6 Å². The van der Waals surface area contributed by atoms with Gasteiger partial charge in [0.25, 0.3) is 0 Å². The van der Waals surface area contributed by atoms with Crippen LogP contribution >= 0.6 is 0 Å². The van der Waals surface area contributed by atoms with E-state index in [0.29, 0.717) is 31.6 Å². The zero-order valence-corrected chi connectivity index (χ0v) is 21.2. The van der Waals surface area contributed by atoms with Gasteiger partial charge in [0.05, 0.1) is 31.5 Å². The molecule has 2 aromatic rings. The van der Waals surface area contributed by atoms with Gasteiger partial charge in [0.1, 0.15) is 17.4 Å². The number of halogens is 2. The molecule has 0 aromatic heterocycles. The number of rotatable bonds is 5. The summed E-state index contributed by atoms with van der Waals surface area (Å²) in [6, 6.07) is 8.50. The second-order valence-electron chi connectivity index (χ2n) is 9.74. The van der Waals surface area contributed by atoms with E-state index in [1.54, 1.807) is 0 Å². The summed E-state index contributed by atoms with van der Waals surface area (Å²) >= 11 is 0. The molecule has 2 bridgehead atoms. The summed E-state index contributed by atoms with van der Waals surface area (Å²) in [5.41, 5.74) is 2.53. The molecule has 1 heterocycles. The Labute approximate surface area is 217 Å². The number of aliphatic hydroxyl groups excluding tert-OH is 1. The molecule has 1 aliphatic heterocycles. The van der Waals surface area contributed by atoms with Gasteiger partial charge in [-0.3, -0.25) is 4.79 Å². The lowest BCUT2D eigenvalue weighted by molar-refractivity contribution is -0.122. The number of hydrogen-bond acceptors (Lipinski definition) is 5. The van der Waals surface area contributed by atoms with Gasteiger partial charge in [-0.15, -0.1) is 0 Å². The lowest BCUT2D eigenvalue weighted by Crippen LogP contribution is -2.49. The van der Waals surface area contributed by atoms with Crippen LogP contribution in [0.3, 0.4) is 0 Å². The number of benzene rings is 2. The maximum atomic E-state index is 13.8. The van der Waals surface area contributed by atoms with Crippen LogP contribution in [-0.2, 0) is 16.0 Å². The lowest BCUT2D eigenvalue weighted by atomic mass is 9.99. The normalized spacial score (nSPS) is 25.8. The van der Waals surface area contributed by atoms with Gasteiger partial charge < -0.3 is 25.2 Å². The highest BCUT2D eigenvalue weighted by molar-refractivity contribution is 5.76. The van der Waals surface area contributed by atoms with Crippen molar-refractivity contribution in [2.75, 3.05) is 19.8 Å². The van der Waals surface area contributed by atoms with E-state index >= 15 is 0 Å². The fourth-order valence-corrected chi connectivity index (χ4v) is 4.96. The summed E-state index contributed by atoms with van der Waals surface area (Å²) in [6.45, 7) is 3.34. The van der Waals surface area contributed by atoms with Crippen LogP contribution in [0.2, 0.25) is 0 Å². The molecular formula is C29H36F2N2O4. The fraction of sp³-hybridized carbons (Fsp3) is 0.483. The first-order valence-corrected chi connectivity index (χ1v) is 13.1. The zero-order chi connectivity index (χ0) is 26.2. The van der Waals surface area contributed by atoms with Crippen LogP contribution in [0.4, 0.5) is 8.78 Å². The van der Waals surface area contributed by atoms with E-state index < -0.39 is 23.8 Å².